The lowest BCUT2D eigenvalue weighted by Crippen LogP contribution is -2.36. The molecule has 0 heterocycles. The smallest absolute Gasteiger partial charge is 0.119 e. The minimum atomic E-state index is -0.541. The van der Waals surface area contributed by atoms with E-state index < -0.39 is 6.10 Å². The fraction of sp³-hybridized carbons (Fsp3) is 0.625. The Balaban J connectivity index is 2.18. The Hall–Kier alpha value is -1.06. The van der Waals surface area contributed by atoms with Crippen molar-refractivity contribution in [1.82, 2.24) is 0 Å². The van der Waals surface area contributed by atoms with E-state index in [0.717, 1.165) is 30.6 Å². The number of aliphatic hydroxyl groups excluding tert-OH is 1. The monoisotopic (exact) mass is 264 g/mol. The fourth-order valence-corrected chi connectivity index (χ4v) is 2.49. The Morgan fingerprint density at radius 2 is 2.11 bits per heavy atom. The van der Waals surface area contributed by atoms with Gasteiger partial charge in [0.1, 0.15) is 11.9 Å². The van der Waals surface area contributed by atoms with Gasteiger partial charge in [-0.05, 0) is 56.4 Å². The van der Waals surface area contributed by atoms with Crippen LogP contribution >= 0.6 is 0 Å². The van der Waals surface area contributed by atoms with Crippen LogP contribution in [-0.4, -0.2) is 23.9 Å². The van der Waals surface area contributed by atoms with Gasteiger partial charge in [-0.2, -0.15) is 0 Å². The number of hydrogen-bond donors (Lipinski definition) is 1. The molecule has 0 radical (unpaired) electrons. The molecule has 0 amide bonds. The number of methoxy groups -OCH3 is 1. The zero-order valence-electron chi connectivity index (χ0n) is 12.3. The second-order valence-corrected chi connectivity index (χ2v) is 5.82. The van der Waals surface area contributed by atoms with Gasteiger partial charge < -0.3 is 14.6 Å². The molecule has 1 N–H and O–H groups in total. The Morgan fingerprint density at radius 3 is 2.74 bits per heavy atom. The second kappa shape index (κ2) is 5.51. The highest BCUT2D eigenvalue weighted by molar-refractivity contribution is 5.39. The molecular weight excluding hydrogens is 240 g/mol. The summed E-state index contributed by atoms with van der Waals surface area (Å²) in [5.74, 6) is 0.846. The molecule has 0 saturated heterocycles. The van der Waals surface area contributed by atoms with Crippen molar-refractivity contribution < 1.29 is 14.6 Å². The molecule has 106 valence electrons. The summed E-state index contributed by atoms with van der Waals surface area (Å²) in [6, 6.07) is 5.86. The summed E-state index contributed by atoms with van der Waals surface area (Å²) in [5.41, 5.74) is 1.96. The molecule has 2 unspecified atom stereocenters. The van der Waals surface area contributed by atoms with E-state index in [2.05, 4.69) is 20.8 Å². The SMILES string of the molecule is CCC(C)(C)OC1CCc2cc(OC)ccc2C1O. The van der Waals surface area contributed by atoms with Gasteiger partial charge in [0.15, 0.2) is 0 Å². The highest BCUT2D eigenvalue weighted by atomic mass is 16.5. The molecule has 0 spiro atoms. The van der Waals surface area contributed by atoms with E-state index in [1.807, 2.05) is 18.2 Å². The lowest BCUT2D eigenvalue weighted by Gasteiger charge is -2.36. The lowest BCUT2D eigenvalue weighted by atomic mass is 9.86. The van der Waals surface area contributed by atoms with Crippen molar-refractivity contribution in [2.24, 2.45) is 0 Å². The fourth-order valence-electron chi connectivity index (χ4n) is 2.49. The molecule has 0 saturated carbocycles. The van der Waals surface area contributed by atoms with Crippen LogP contribution in [0.2, 0.25) is 0 Å². The molecule has 2 atom stereocenters. The Kier molecular flexibility index (Phi) is 4.16. The van der Waals surface area contributed by atoms with Crippen molar-refractivity contribution in [3.05, 3.63) is 29.3 Å². The third-order valence-electron chi connectivity index (χ3n) is 4.04. The number of ether oxygens (including phenoxy) is 2. The first-order chi connectivity index (χ1) is 8.96. The van der Waals surface area contributed by atoms with Crippen LogP contribution < -0.4 is 4.74 Å². The molecule has 1 aliphatic carbocycles. The topological polar surface area (TPSA) is 38.7 Å². The summed E-state index contributed by atoms with van der Waals surface area (Å²) in [6.07, 6.45) is 2.06. The number of benzene rings is 1. The Labute approximate surface area is 115 Å². The van der Waals surface area contributed by atoms with Gasteiger partial charge in [0.25, 0.3) is 0 Å². The zero-order valence-corrected chi connectivity index (χ0v) is 12.3. The molecule has 0 fully saturated rings. The van der Waals surface area contributed by atoms with Crippen LogP contribution in [0.5, 0.6) is 5.75 Å². The number of rotatable bonds is 4. The normalized spacial score (nSPS) is 23.0. The number of aryl methyl sites for hydroxylation is 1. The highest BCUT2D eigenvalue weighted by Crippen LogP contribution is 2.36. The van der Waals surface area contributed by atoms with E-state index in [-0.39, 0.29) is 11.7 Å². The van der Waals surface area contributed by atoms with E-state index in [1.54, 1.807) is 7.11 Å². The van der Waals surface area contributed by atoms with Crippen LogP contribution in [0.3, 0.4) is 0 Å². The van der Waals surface area contributed by atoms with E-state index >= 15 is 0 Å². The molecule has 19 heavy (non-hydrogen) atoms. The first-order valence-corrected chi connectivity index (χ1v) is 6.99. The van der Waals surface area contributed by atoms with Gasteiger partial charge in [0.2, 0.25) is 0 Å². The van der Waals surface area contributed by atoms with Gasteiger partial charge in [-0.1, -0.05) is 13.0 Å². The van der Waals surface area contributed by atoms with Crippen molar-refractivity contribution in [2.45, 2.75) is 57.8 Å². The predicted octanol–water partition coefficient (Wildman–Crippen LogP) is 3.25. The van der Waals surface area contributed by atoms with Gasteiger partial charge in [-0.3, -0.25) is 0 Å². The van der Waals surface area contributed by atoms with E-state index in [1.165, 1.54) is 5.56 Å². The maximum absolute atomic E-state index is 10.5. The summed E-state index contributed by atoms with van der Waals surface area (Å²) in [4.78, 5) is 0. The van der Waals surface area contributed by atoms with Crippen LogP contribution in [0.4, 0.5) is 0 Å². The van der Waals surface area contributed by atoms with E-state index in [0.29, 0.717) is 0 Å². The minimum Gasteiger partial charge on any atom is -0.497 e. The molecular formula is C16H24O3. The van der Waals surface area contributed by atoms with Crippen molar-refractivity contribution in [1.29, 1.82) is 0 Å². The first-order valence-electron chi connectivity index (χ1n) is 6.99. The summed E-state index contributed by atoms with van der Waals surface area (Å²) >= 11 is 0. The highest BCUT2D eigenvalue weighted by Gasteiger charge is 2.32. The van der Waals surface area contributed by atoms with Gasteiger partial charge >= 0.3 is 0 Å². The summed E-state index contributed by atoms with van der Waals surface area (Å²) < 4.78 is 11.3. The quantitative estimate of drug-likeness (QED) is 0.907. The standard InChI is InChI=1S/C16H24O3/c1-5-16(2,3)19-14-9-6-11-10-12(18-4)7-8-13(11)15(14)17/h7-8,10,14-15,17H,5-6,9H2,1-4H3. The first kappa shape index (κ1) is 14.4. The Morgan fingerprint density at radius 1 is 1.37 bits per heavy atom. The average Bonchev–Trinajstić information content (AvgIpc) is 2.41. The van der Waals surface area contributed by atoms with Crippen LogP contribution in [-0.2, 0) is 11.2 Å². The molecule has 2 rings (SSSR count). The molecule has 0 bridgehead atoms. The molecule has 0 aromatic heterocycles. The minimum absolute atomic E-state index is 0.115. The van der Waals surface area contributed by atoms with Gasteiger partial charge in [0.05, 0.1) is 18.8 Å². The van der Waals surface area contributed by atoms with Crippen molar-refractivity contribution in [2.75, 3.05) is 7.11 Å². The number of aliphatic hydroxyl groups is 1. The van der Waals surface area contributed by atoms with Crippen LogP contribution in [0.1, 0.15) is 50.8 Å². The van der Waals surface area contributed by atoms with Crippen molar-refractivity contribution in [3.8, 4) is 5.75 Å². The van der Waals surface area contributed by atoms with Gasteiger partial charge in [-0.15, -0.1) is 0 Å². The molecule has 0 aliphatic heterocycles. The average molecular weight is 264 g/mol. The molecule has 1 aromatic rings. The van der Waals surface area contributed by atoms with Gasteiger partial charge in [0, 0.05) is 0 Å². The van der Waals surface area contributed by atoms with Gasteiger partial charge in [-0.25, -0.2) is 0 Å². The predicted molar refractivity (Wildman–Crippen MR) is 75.5 cm³/mol. The molecule has 1 aliphatic rings. The second-order valence-electron chi connectivity index (χ2n) is 5.82. The van der Waals surface area contributed by atoms with E-state index in [9.17, 15) is 5.11 Å². The maximum atomic E-state index is 10.5. The summed E-state index contributed by atoms with van der Waals surface area (Å²) in [7, 11) is 1.66. The summed E-state index contributed by atoms with van der Waals surface area (Å²) in [5, 5.41) is 10.5. The van der Waals surface area contributed by atoms with Crippen molar-refractivity contribution >= 4 is 0 Å². The van der Waals surface area contributed by atoms with Crippen LogP contribution in [0, 0.1) is 0 Å². The van der Waals surface area contributed by atoms with Crippen LogP contribution in [0.15, 0.2) is 18.2 Å². The Bertz CT molecular complexity index is 440. The molecule has 1 aromatic carbocycles. The number of fused-ring (bicyclic) bond motifs is 1. The lowest BCUT2D eigenvalue weighted by molar-refractivity contribution is -0.127. The van der Waals surface area contributed by atoms with Crippen molar-refractivity contribution in [3.63, 3.8) is 0 Å². The van der Waals surface area contributed by atoms with E-state index in [4.69, 9.17) is 9.47 Å². The molecule has 3 heteroatoms. The van der Waals surface area contributed by atoms with Crippen LogP contribution in [0.25, 0.3) is 0 Å². The third-order valence-corrected chi connectivity index (χ3v) is 4.04. The number of hydrogen-bond acceptors (Lipinski definition) is 3. The zero-order chi connectivity index (χ0) is 14.0. The third kappa shape index (κ3) is 3.10. The maximum Gasteiger partial charge on any atom is 0.119 e. The molecule has 3 nitrogen and oxygen atoms in total. The largest absolute Gasteiger partial charge is 0.497 e. The summed E-state index contributed by atoms with van der Waals surface area (Å²) in [6.45, 7) is 6.25.